The van der Waals surface area contributed by atoms with Crippen LogP contribution in [0.25, 0.3) is 0 Å². The molecule has 5 heteroatoms. The van der Waals surface area contributed by atoms with Gasteiger partial charge >= 0.3 is 11.9 Å². The maximum atomic E-state index is 11.3. The van der Waals surface area contributed by atoms with Gasteiger partial charge in [0.25, 0.3) is 0 Å². The van der Waals surface area contributed by atoms with Gasteiger partial charge in [-0.15, -0.1) is 0 Å². The monoisotopic (exact) mass is 236 g/mol. The Bertz CT molecular complexity index is 435. The minimum Gasteiger partial charge on any atom is -0.393 e. The largest absolute Gasteiger partial charge is 0.393 e. The molecular weight excluding hydrogens is 224 g/mol. The minimum absolute atomic E-state index is 0.0137. The van der Waals surface area contributed by atoms with Crippen LogP contribution in [0.4, 0.5) is 0 Å². The second-order valence-electron chi connectivity index (χ2n) is 3.91. The number of aliphatic hydroxyl groups excluding tert-OH is 2. The van der Waals surface area contributed by atoms with Crippen LogP contribution in [-0.2, 0) is 40.4 Å². The third kappa shape index (κ3) is 2.35. The van der Waals surface area contributed by atoms with Crippen molar-refractivity contribution in [3.63, 3.8) is 0 Å². The molecule has 17 heavy (non-hydrogen) atoms. The van der Waals surface area contributed by atoms with E-state index < -0.39 is 11.9 Å². The predicted octanol–water partition coefficient (Wildman–Crippen LogP) is -0.160. The highest BCUT2D eigenvalue weighted by atomic mass is 16.6. The van der Waals surface area contributed by atoms with Crippen LogP contribution in [0.2, 0.25) is 0 Å². The molecule has 0 radical (unpaired) electrons. The molecule has 0 aliphatic carbocycles. The van der Waals surface area contributed by atoms with Crippen LogP contribution in [0, 0.1) is 0 Å². The number of cyclic esters (lactones) is 2. The molecule has 0 spiro atoms. The summed E-state index contributed by atoms with van der Waals surface area (Å²) in [6, 6.07) is 3.28. The molecule has 0 aromatic heterocycles. The van der Waals surface area contributed by atoms with Crippen LogP contribution >= 0.6 is 0 Å². The van der Waals surface area contributed by atoms with E-state index in [0.717, 1.165) is 0 Å². The van der Waals surface area contributed by atoms with E-state index in [1.54, 1.807) is 12.1 Å². The van der Waals surface area contributed by atoms with E-state index in [-0.39, 0.29) is 26.1 Å². The molecule has 0 amide bonds. The standard InChI is InChI=1S/C12H12O5/c13-5-9-1-7-3-11(15)17-12(16)4-8(7)2-10(9)6-14/h1-2,13-14H,3-6H2. The number of fused-ring (bicyclic) bond motifs is 1. The average molecular weight is 236 g/mol. The van der Waals surface area contributed by atoms with Crippen LogP contribution in [0.1, 0.15) is 22.3 Å². The van der Waals surface area contributed by atoms with Gasteiger partial charge in [-0.3, -0.25) is 9.59 Å². The SMILES string of the molecule is O=C1Cc2cc(CO)c(CO)cc2CC(=O)O1. The summed E-state index contributed by atoms with van der Waals surface area (Å²) in [6.45, 7) is -0.432. The van der Waals surface area contributed by atoms with Crippen LogP contribution in [0.15, 0.2) is 12.1 Å². The summed E-state index contributed by atoms with van der Waals surface area (Å²) < 4.78 is 4.54. The molecule has 1 heterocycles. The van der Waals surface area contributed by atoms with Crippen LogP contribution in [0.5, 0.6) is 0 Å². The van der Waals surface area contributed by atoms with Gasteiger partial charge in [0.15, 0.2) is 0 Å². The number of carbonyl (C=O) groups excluding carboxylic acids is 2. The maximum Gasteiger partial charge on any atom is 0.317 e. The predicted molar refractivity (Wildman–Crippen MR) is 56.8 cm³/mol. The lowest BCUT2D eigenvalue weighted by Crippen LogP contribution is -2.11. The molecule has 1 aromatic rings. The first-order valence-corrected chi connectivity index (χ1v) is 5.22. The van der Waals surface area contributed by atoms with E-state index >= 15 is 0 Å². The first-order chi connectivity index (χ1) is 8.13. The van der Waals surface area contributed by atoms with E-state index in [2.05, 4.69) is 4.74 Å². The number of hydrogen-bond acceptors (Lipinski definition) is 5. The zero-order valence-electron chi connectivity index (χ0n) is 9.10. The lowest BCUT2D eigenvalue weighted by molar-refractivity contribution is -0.158. The fourth-order valence-electron chi connectivity index (χ4n) is 1.93. The quantitative estimate of drug-likeness (QED) is 0.550. The summed E-state index contributed by atoms with van der Waals surface area (Å²) in [5.74, 6) is -1.18. The highest BCUT2D eigenvalue weighted by Gasteiger charge is 2.21. The molecule has 1 aliphatic rings. The highest BCUT2D eigenvalue weighted by molar-refractivity contribution is 5.90. The fraction of sp³-hybridized carbons (Fsp3) is 0.333. The van der Waals surface area contributed by atoms with Crippen molar-refractivity contribution in [3.8, 4) is 0 Å². The topological polar surface area (TPSA) is 83.8 Å². The maximum absolute atomic E-state index is 11.3. The van der Waals surface area contributed by atoms with Gasteiger partial charge < -0.3 is 14.9 Å². The third-order valence-corrected chi connectivity index (χ3v) is 2.76. The highest BCUT2D eigenvalue weighted by Crippen LogP contribution is 2.21. The first kappa shape index (κ1) is 11.8. The van der Waals surface area contributed by atoms with E-state index in [4.69, 9.17) is 10.2 Å². The van der Waals surface area contributed by atoms with Gasteiger partial charge in [0.05, 0.1) is 26.1 Å². The van der Waals surface area contributed by atoms with E-state index in [1.165, 1.54) is 0 Å². The molecule has 90 valence electrons. The Balaban J connectivity index is 2.50. The van der Waals surface area contributed by atoms with Gasteiger partial charge in [0, 0.05) is 0 Å². The fourth-order valence-corrected chi connectivity index (χ4v) is 1.93. The van der Waals surface area contributed by atoms with Gasteiger partial charge in [-0.1, -0.05) is 12.1 Å². The molecule has 0 bridgehead atoms. The Morgan fingerprint density at radius 3 is 1.71 bits per heavy atom. The van der Waals surface area contributed by atoms with Gasteiger partial charge in [-0.05, 0) is 22.3 Å². The van der Waals surface area contributed by atoms with Crippen molar-refractivity contribution in [1.82, 2.24) is 0 Å². The number of aliphatic hydroxyl groups is 2. The van der Waals surface area contributed by atoms with Crippen LogP contribution in [-0.4, -0.2) is 22.2 Å². The van der Waals surface area contributed by atoms with Gasteiger partial charge in [0.1, 0.15) is 0 Å². The molecule has 2 rings (SSSR count). The van der Waals surface area contributed by atoms with Crippen LogP contribution < -0.4 is 0 Å². The van der Waals surface area contributed by atoms with Gasteiger partial charge in [-0.2, -0.15) is 0 Å². The van der Waals surface area contributed by atoms with Crippen molar-refractivity contribution < 1.29 is 24.5 Å². The van der Waals surface area contributed by atoms with Crippen molar-refractivity contribution in [1.29, 1.82) is 0 Å². The van der Waals surface area contributed by atoms with E-state index in [9.17, 15) is 9.59 Å². The van der Waals surface area contributed by atoms with Crippen molar-refractivity contribution in [2.45, 2.75) is 26.1 Å². The summed E-state index contributed by atoms with van der Waals surface area (Å²) in [6.07, 6.45) is 0.0273. The van der Waals surface area contributed by atoms with Crippen LogP contribution in [0.3, 0.4) is 0 Å². The first-order valence-electron chi connectivity index (χ1n) is 5.22. The van der Waals surface area contributed by atoms with Gasteiger partial charge in [-0.25, -0.2) is 0 Å². The molecule has 0 fully saturated rings. The average Bonchev–Trinajstić information content (AvgIpc) is 2.43. The zero-order chi connectivity index (χ0) is 12.4. The number of benzene rings is 1. The zero-order valence-corrected chi connectivity index (χ0v) is 9.10. The lowest BCUT2D eigenvalue weighted by Gasteiger charge is -2.10. The normalized spacial score (nSPS) is 15.2. The Morgan fingerprint density at radius 1 is 0.941 bits per heavy atom. The molecule has 5 nitrogen and oxygen atoms in total. The number of rotatable bonds is 2. The summed E-state index contributed by atoms with van der Waals surface area (Å²) in [5.41, 5.74) is 2.46. The van der Waals surface area contributed by atoms with Crippen molar-refractivity contribution in [3.05, 3.63) is 34.4 Å². The Morgan fingerprint density at radius 2 is 1.35 bits per heavy atom. The van der Waals surface area contributed by atoms with Crippen molar-refractivity contribution in [2.75, 3.05) is 0 Å². The number of carbonyl (C=O) groups is 2. The minimum atomic E-state index is -0.589. The molecule has 1 aliphatic heterocycles. The van der Waals surface area contributed by atoms with E-state index in [0.29, 0.717) is 22.3 Å². The van der Waals surface area contributed by atoms with E-state index in [1.807, 2.05) is 0 Å². The smallest absolute Gasteiger partial charge is 0.317 e. The summed E-state index contributed by atoms with van der Waals surface area (Å²) in [5, 5.41) is 18.3. The molecular formula is C12H12O5. The molecule has 0 saturated carbocycles. The summed E-state index contributed by atoms with van der Waals surface area (Å²) >= 11 is 0. The third-order valence-electron chi connectivity index (χ3n) is 2.76. The summed E-state index contributed by atoms with van der Waals surface area (Å²) in [7, 11) is 0. The number of esters is 2. The lowest BCUT2D eigenvalue weighted by atomic mass is 9.96. The Hall–Kier alpha value is -1.72. The Labute approximate surface area is 97.6 Å². The van der Waals surface area contributed by atoms with Crippen molar-refractivity contribution in [2.24, 2.45) is 0 Å². The molecule has 0 atom stereocenters. The summed E-state index contributed by atoms with van der Waals surface area (Å²) in [4.78, 5) is 22.5. The molecule has 0 saturated heterocycles. The molecule has 0 unspecified atom stereocenters. The second-order valence-corrected chi connectivity index (χ2v) is 3.91. The number of ether oxygens (including phenoxy) is 1. The van der Waals surface area contributed by atoms with Gasteiger partial charge in [0.2, 0.25) is 0 Å². The second kappa shape index (κ2) is 4.65. The molecule has 1 aromatic carbocycles. The number of hydrogen-bond donors (Lipinski definition) is 2. The molecule has 2 N–H and O–H groups in total. The van der Waals surface area contributed by atoms with Crippen molar-refractivity contribution >= 4 is 11.9 Å². The Kier molecular flexibility index (Phi) is 3.21.